The lowest BCUT2D eigenvalue weighted by atomic mass is 10.0. The van der Waals surface area contributed by atoms with E-state index < -0.39 is 24.0 Å². The van der Waals surface area contributed by atoms with Crippen molar-refractivity contribution in [3.63, 3.8) is 0 Å². The molecule has 0 aliphatic carbocycles. The molecule has 2 aromatic heterocycles. The number of nitrogens with one attached hydrogen (secondary N) is 2. The number of benzene rings is 1. The van der Waals surface area contributed by atoms with Crippen molar-refractivity contribution in [2.75, 3.05) is 13.2 Å². The van der Waals surface area contributed by atoms with Gasteiger partial charge in [0.05, 0.1) is 35.5 Å². The van der Waals surface area contributed by atoms with Gasteiger partial charge in [0.15, 0.2) is 5.82 Å². The summed E-state index contributed by atoms with van der Waals surface area (Å²) >= 11 is 1.34. The van der Waals surface area contributed by atoms with Crippen LogP contribution in [0.3, 0.4) is 0 Å². The molecule has 0 saturated heterocycles. The van der Waals surface area contributed by atoms with Crippen LogP contribution in [0.4, 0.5) is 4.79 Å². The number of amides is 2. The average molecular weight is 499 g/mol. The zero-order chi connectivity index (χ0) is 24.8. The monoisotopic (exact) mass is 498 g/mol. The molecule has 1 aliphatic heterocycles. The fraction of sp³-hybridized carbons (Fsp3) is 0.261. The molecule has 0 fully saturated rings. The van der Waals surface area contributed by atoms with Gasteiger partial charge >= 0.3 is 18.0 Å². The molecule has 0 spiro atoms. The van der Waals surface area contributed by atoms with Crippen LogP contribution < -0.4 is 10.6 Å². The zero-order valence-electron chi connectivity index (χ0n) is 18.9. The summed E-state index contributed by atoms with van der Waals surface area (Å²) in [6.07, 6.45) is 1.43. The number of carbonyl (C=O) groups excluding carboxylic acids is 3. The fourth-order valence-electron chi connectivity index (χ4n) is 3.37. The summed E-state index contributed by atoms with van der Waals surface area (Å²) in [7, 11) is 0. The molecule has 1 aliphatic rings. The number of hydrogen-bond acceptors (Lipinski definition) is 10. The second-order valence-electron chi connectivity index (χ2n) is 7.26. The molecule has 0 saturated carbocycles. The molecule has 1 aromatic carbocycles. The minimum atomic E-state index is -0.896. The van der Waals surface area contributed by atoms with Crippen molar-refractivity contribution in [1.82, 2.24) is 20.8 Å². The minimum Gasteiger partial charge on any atom is -0.467 e. The second kappa shape index (κ2) is 10.9. The number of furan rings is 1. The van der Waals surface area contributed by atoms with E-state index in [9.17, 15) is 14.4 Å². The number of carbonyl (C=O) groups is 3. The van der Waals surface area contributed by atoms with E-state index >= 15 is 0 Å². The summed E-state index contributed by atoms with van der Waals surface area (Å²) in [5.74, 6) is 0.364. The minimum absolute atomic E-state index is 0.0867. The highest BCUT2D eigenvalue weighted by atomic mass is 32.2. The van der Waals surface area contributed by atoms with Crippen molar-refractivity contribution in [1.29, 1.82) is 0 Å². The van der Waals surface area contributed by atoms with Crippen LogP contribution in [0.2, 0.25) is 0 Å². The van der Waals surface area contributed by atoms with Gasteiger partial charge in [0, 0.05) is 4.90 Å². The Morgan fingerprint density at radius 2 is 1.97 bits per heavy atom. The average Bonchev–Trinajstić information content (AvgIpc) is 3.53. The maximum Gasteiger partial charge on any atom is 0.339 e. The van der Waals surface area contributed by atoms with E-state index in [0.29, 0.717) is 33.7 Å². The lowest BCUT2D eigenvalue weighted by Crippen LogP contribution is -2.47. The van der Waals surface area contributed by atoms with Gasteiger partial charge in [0.2, 0.25) is 5.89 Å². The molecule has 1 atom stereocenters. The van der Waals surface area contributed by atoms with Gasteiger partial charge in [-0.25, -0.2) is 14.4 Å². The third-order valence-corrected chi connectivity index (χ3v) is 5.91. The SMILES string of the molecule is CCOC(=O)C1=C(COC(=O)c2ccccc2SCc2nc(C)no2)NC(=O)NC1c1ccco1. The van der Waals surface area contributed by atoms with Gasteiger partial charge in [-0.3, -0.25) is 0 Å². The quantitative estimate of drug-likeness (QED) is 0.333. The standard InChI is InChI=1S/C23H22N4O7S/c1-3-31-22(29)19-15(25-23(30)26-20(19)16-8-6-10-32-16)11-33-21(28)14-7-4-5-9-17(14)35-12-18-24-13(2)27-34-18/h4-10,20H,3,11-12H2,1-2H3,(H2,25,26,30). The summed E-state index contributed by atoms with van der Waals surface area (Å²) in [6.45, 7) is 3.15. The van der Waals surface area contributed by atoms with Crippen LogP contribution in [0.25, 0.3) is 0 Å². The molecule has 1 unspecified atom stereocenters. The highest BCUT2D eigenvalue weighted by Gasteiger charge is 2.35. The molecule has 2 amide bonds. The van der Waals surface area contributed by atoms with E-state index in [2.05, 4.69) is 20.8 Å². The summed E-state index contributed by atoms with van der Waals surface area (Å²) in [6, 6.07) is 8.68. The Hall–Kier alpha value is -4.06. The zero-order valence-corrected chi connectivity index (χ0v) is 19.7. The molecule has 0 radical (unpaired) electrons. The van der Waals surface area contributed by atoms with Crippen LogP contribution >= 0.6 is 11.8 Å². The molecular weight excluding hydrogens is 476 g/mol. The summed E-state index contributed by atoms with van der Waals surface area (Å²) < 4.78 is 21.2. The Kier molecular flexibility index (Phi) is 7.51. The molecule has 3 heterocycles. The van der Waals surface area contributed by atoms with Gasteiger partial charge in [-0.15, -0.1) is 11.8 Å². The van der Waals surface area contributed by atoms with Crippen LogP contribution in [-0.2, 0) is 20.0 Å². The Bertz CT molecular complexity index is 1250. The first kappa shape index (κ1) is 24.1. The number of hydrogen-bond donors (Lipinski definition) is 2. The number of thioether (sulfide) groups is 1. The number of rotatable bonds is 9. The van der Waals surface area contributed by atoms with Gasteiger partial charge in [0.25, 0.3) is 0 Å². The van der Waals surface area contributed by atoms with Gasteiger partial charge in [-0.1, -0.05) is 17.3 Å². The number of ether oxygens (including phenoxy) is 2. The van der Waals surface area contributed by atoms with E-state index in [1.165, 1.54) is 18.0 Å². The maximum atomic E-state index is 12.9. The van der Waals surface area contributed by atoms with E-state index in [0.717, 1.165) is 0 Å². The first-order valence-electron chi connectivity index (χ1n) is 10.7. The Morgan fingerprint density at radius 3 is 2.69 bits per heavy atom. The van der Waals surface area contributed by atoms with E-state index in [-0.39, 0.29) is 24.5 Å². The van der Waals surface area contributed by atoms with Crippen LogP contribution in [-0.4, -0.2) is 41.3 Å². The maximum absolute atomic E-state index is 12.9. The lowest BCUT2D eigenvalue weighted by Gasteiger charge is -2.27. The first-order valence-corrected chi connectivity index (χ1v) is 11.6. The molecule has 182 valence electrons. The third kappa shape index (κ3) is 5.72. The molecule has 4 rings (SSSR count). The smallest absolute Gasteiger partial charge is 0.339 e. The van der Waals surface area contributed by atoms with Crippen LogP contribution in [0, 0.1) is 6.92 Å². The highest BCUT2D eigenvalue weighted by Crippen LogP contribution is 2.29. The number of aryl methyl sites for hydroxylation is 1. The van der Waals surface area contributed by atoms with E-state index in [1.807, 2.05) is 0 Å². The highest BCUT2D eigenvalue weighted by molar-refractivity contribution is 7.98. The fourth-order valence-corrected chi connectivity index (χ4v) is 4.24. The first-order chi connectivity index (χ1) is 17.0. The van der Waals surface area contributed by atoms with Gasteiger partial charge in [-0.05, 0) is 38.1 Å². The third-order valence-electron chi connectivity index (χ3n) is 4.85. The van der Waals surface area contributed by atoms with Crippen LogP contribution in [0.1, 0.15) is 40.8 Å². The predicted octanol–water partition coefficient (Wildman–Crippen LogP) is 3.29. The summed E-state index contributed by atoms with van der Waals surface area (Å²) in [4.78, 5) is 42.8. The number of urea groups is 1. The van der Waals surface area contributed by atoms with Crippen molar-refractivity contribution < 1.29 is 32.8 Å². The van der Waals surface area contributed by atoms with Crippen molar-refractivity contribution in [2.24, 2.45) is 0 Å². The molecular formula is C23H22N4O7S. The van der Waals surface area contributed by atoms with Crippen molar-refractivity contribution in [3.05, 3.63) is 77.0 Å². The van der Waals surface area contributed by atoms with E-state index in [1.54, 1.807) is 50.2 Å². The van der Waals surface area contributed by atoms with Crippen LogP contribution in [0.15, 0.2) is 67.8 Å². The second-order valence-corrected chi connectivity index (χ2v) is 8.27. The number of esters is 2. The Balaban J connectivity index is 1.54. The van der Waals surface area contributed by atoms with Crippen molar-refractivity contribution in [2.45, 2.75) is 30.5 Å². The summed E-state index contributed by atoms with van der Waals surface area (Å²) in [5, 5.41) is 8.93. The molecule has 0 bridgehead atoms. The molecule has 2 N–H and O–H groups in total. The predicted molar refractivity (Wildman–Crippen MR) is 122 cm³/mol. The number of nitrogens with zero attached hydrogens (tertiary/aromatic N) is 2. The van der Waals surface area contributed by atoms with Gasteiger partial charge in [-0.2, -0.15) is 4.98 Å². The Morgan fingerprint density at radius 1 is 1.14 bits per heavy atom. The number of aromatic nitrogens is 2. The topological polar surface area (TPSA) is 146 Å². The molecule has 35 heavy (non-hydrogen) atoms. The van der Waals surface area contributed by atoms with E-state index in [4.69, 9.17) is 18.4 Å². The molecule has 12 heteroatoms. The van der Waals surface area contributed by atoms with Gasteiger partial charge < -0.3 is 29.0 Å². The molecule has 3 aromatic rings. The van der Waals surface area contributed by atoms with Crippen molar-refractivity contribution >= 4 is 29.7 Å². The normalized spacial score (nSPS) is 15.4. The summed E-state index contributed by atoms with van der Waals surface area (Å²) in [5.41, 5.74) is 0.506. The largest absolute Gasteiger partial charge is 0.467 e. The lowest BCUT2D eigenvalue weighted by molar-refractivity contribution is -0.139. The Labute approximate surface area is 204 Å². The van der Waals surface area contributed by atoms with Crippen molar-refractivity contribution in [3.8, 4) is 0 Å². The van der Waals surface area contributed by atoms with Crippen LogP contribution in [0.5, 0.6) is 0 Å². The van der Waals surface area contributed by atoms with Gasteiger partial charge in [0.1, 0.15) is 18.4 Å². The molecule has 11 nitrogen and oxygen atoms in total.